The Hall–Kier alpha value is -7.62. The van der Waals surface area contributed by atoms with Gasteiger partial charge in [-0.3, -0.25) is 34.1 Å². The van der Waals surface area contributed by atoms with Crippen LogP contribution in [0.3, 0.4) is 0 Å². The highest BCUT2D eigenvalue weighted by molar-refractivity contribution is 8.38. The van der Waals surface area contributed by atoms with Gasteiger partial charge in [0.15, 0.2) is 6.19 Å². The first kappa shape index (κ1) is 73.8. The van der Waals surface area contributed by atoms with Gasteiger partial charge in [-0.2, -0.15) is 15.5 Å². The number of nitriles is 2. The van der Waals surface area contributed by atoms with Crippen LogP contribution in [0.5, 0.6) is 11.5 Å². The molecule has 89 heavy (non-hydrogen) atoms. The van der Waals surface area contributed by atoms with Crippen LogP contribution in [0.25, 0.3) is 0 Å². The first-order valence-electron chi connectivity index (χ1n) is 29.1. The van der Waals surface area contributed by atoms with Crippen molar-refractivity contribution in [1.82, 2.24) is 47.9 Å². The highest BCUT2D eigenvalue weighted by atomic mass is 35.5. The number of thioether (sulfide) groups is 2. The van der Waals surface area contributed by atoms with Crippen LogP contribution >= 0.6 is 46.7 Å². The Morgan fingerprint density at radius 2 is 1.07 bits per heavy atom. The summed E-state index contributed by atoms with van der Waals surface area (Å²) in [4.78, 5) is 87.0. The van der Waals surface area contributed by atoms with Crippen LogP contribution in [0, 0.1) is 34.7 Å². The van der Waals surface area contributed by atoms with E-state index in [-0.39, 0.29) is 42.7 Å². The number of benzene rings is 4. The molecule has 0 saturated carbocycles. The Labute approximate surface area is 540 Å². The Morgan fingerprint density at radius 1 is 0.618 bits per heavy atom. The molecule has 0 radical (unpaired) electrons. The van der Waals surface area contributed by atoms with Crippen LogP contribution in [0.15, 0.2) is 107 Å². The Balaban J connectivity index is 0.000000340. The quantitative estimate of drug-likeness (QED) is 0.0486. The maximum absolute atomic E-state index is 13.6. The average Bonchev–Trinajstić information content (AvgIpc) is 3.61. The monoisotopic (exact) mass is 1300 g/mol. The van der Waals surface area contributed by atoms with Crippen molar-refractivity contribution >= 4 is 92.5 Å². The fourth-order valence-electron chi connectivity index (χ4n) is 9.06. The molecular weight excluding hydrogens is 1220 g/mol. The number of hydrogen-bond acceptors (Lipinski definition) is 17. The van der Waals surface area contributed by atoms with E-state index >= 15 is 0 Å². The third-order valence-corrected chi connectivity index (χ3v) is 16.0. The maximum Gasteiger partial charge on any atom is 0.244 e. The largest absolute Gasteiger partial charge is 0.492 e. The third-order valence-electron chi connectivity index (χ3n) is 13.7. The predicted octanol–water partition coefficient (Wildman–Crippen LogP) is 4.11. The van der Waals surface area contributed by atoms with Crippen molar-refractivity contribution in [2.24, 2.45) is 33.3 Å². The van der Waals surface area contributed by atoms with Gasteiger partial charge in [0, 0.05) is 42.8 Å². The van der Waals surface area contributed by atoms with E-state index in [0.717, 1.165) is 38.1 Å². The molecule has 0 bridgehead atoms. The van der Waals surface area contributed by atoms with Crippen molar-refractivity contribution in [1.29, 1.82) is 10.5 Å². The normalized spacial score (nSPS) is 20.4. The van der Waals surface area contributed by atoms with Gasteiger partial charge in [0.25, 0.3) is 0 Å². The van der Waals surface area contributed by atoms with E-state index in [9.17, 15) is 28.8 Å². The molecule has 13 N–H and O–H groups in total. The van der Waals surface area contributed by atoms with Crippen molar-refractivity contribution in [3.05, 3.63) is 129 Å². The summed E-state index contributed by atoms with van der Waals surface area (Å²) in [5.74, 6) is -1.80. The van der Waals surface area contributed by atoms with Gasteiger partial charge in [0.05, 0.1) is 18.6 Å². The third kappa shape index (κ3) is 26.9. The molecule has 4 aromatic rings. The van der Waals surface area contributed by atoms with E-state index in [1.54, 1.807) is 44.4 Å². The minimum Gasteiger partial charge on any atom is -0.492 e. The van der Waals surface area contributed by atoms with Crippen molar-refractivity contribution < 1.29 is 38.2 Å². The van der Waals surface area contributed by atoms with E-state index in [1.165, 1.54) is 23.5 Å². The summed E-state index contributed by atoms with van der Waals surface area (Å²) >= 11 is 15.3. The van der Waals surface area contributed by atoms with Crippen LogP contribution < -0.4 is 68.8 Å². The zero-order valence-corrected chi connectivity index (χ0v) is 54.2. The van der Waals surface area contributed by atoms with Crippen LogP contribution in [-0.2, 0) is 54.5 Å². The number of amides is 6. The molecule has 4 aromatic carbocycles. The van der Waals surface area contributed by atoms with E-state index in [1.807, 2.05) is 105 Å². The number of nitrogens with two attached hydrogens (primary N) is 2. The molecule has 0 aliphatic carbocycles. The number of aliphatic imine (C=N–C) groups is 2. The second kappa shape index (κ2) is 40.8. The molecule has 2 aliphatic heterocycles. The van der Waals surface area contributed by atoms with Crippen molar-refractivity contribution in [3.63, 3.8) is 0 Å². The second-order valence-electron chi connectivity index (χ2n) is 21.1. The van der Waals surface area contributed by atoms with Gasteiger partial charge >= 0.3 is 0 Å². The fourth-order valence-corrected chi connectivity index (χ4v) is 10.4. The number of carbonyl (C=O) groups is 6. The van der Waals surface area contributed by atoms with Crippen molar-refractivity contribution in [2.45, 2.75) is 102 Å². The number of aryl methyl sites for hydroxylation is 2. The van der Waals surface area contributed by atoms with E-state index in [2.05, 4.69) is 57.8 Å². The number of guanidine groups is 1. The smallest absolute Gasteiger partial charge is 0.244 e. The molecule has 6 amide bonds. The lowest BCUT2D eigenvalue weighted by Crippen LogP contribution is -2.59. The van der Waals surface area contributed by atoms with Crippen LogP contribution in [0.2, 0.25) is 10.0 Å². The number of rotatable bonds is 9. The van der Waals surface area contributed by atoms with Gasteiger partial charge in [-0.1, -0.05) is 112 Å². The summed E-state index contributed by atoms with van der Waals surface area (Å²) in [6, 6.07) is 24.8. The van der Waals surface area contributed by atoms with E-state index in [0.29, 0.717) is 88.0 Å². The Bertz CT molecular complexity index is 3080. The van der Waals surface area contributed by atoms with Gasteiger partial charge in [-0.15, -0.1) is 23.5 Å². The molecule has 27 heteroatoms. The van der Waals surface area contributed by atoms with Crippen LogP contribution in [-0.4, -0.2) is 147 Å². The zero-order chi connectivity index (χ0) is 65.1. The van der Waals surface area contributed by atoms with Crippen molar-refractivity contribution in [2.75, 3.05) is 65.0 Å². The molecule has 0 aromatic heterocycles. The SMILES string of the molecule is CC(C)[C@H]1NC(=O)[C@@H](Cc2cccc(Cl)c2)NCCOc2ccccc2CCCNC(=O)[C@H](CN)NC1=O.CC(C)[C@H]1NC(=O)[C@@H](Cc2cccc(Cl)c2)NCCOc2ccccc2CCCNC(=O)[C@H](CN=C(N)NC#N)NC1=O.CSC(=NC#N)SC. The first-order chi connectivity index (χ1) is 42.8. The predicted molar refractivity (Wildman–Crippen MR) is 352 cm³/mol. The summed E-state index contributed by atoms with van der Waals surface area (Å²) in [5, 5.41) is 43.5. The number of halogens is 2. The Kier molecular flexibility index (Phi) is 33.9. The van der Waals surface area contributed by atoms with Crippen LogP contribution in [0.1, 0.15) is 62.8 Å². The Morgan fingerprint density at radius 3 is 1.47 bits per heavy atom. The minimum atomic E-state index is -1.10. The first-order valence-corrected chi connectivity index (χ1v) is 32.3. The highest BCUT2D eigenvalue weighted by Crippen LogP contribution is 2.22. The molecule has 0 fully saturated rings. The number of para-hydroxylation sites is 2. The molecule has 2 heterocycles. The number of carbonyl (C=O) groups excluding carboxylic acids is 6. The highest BCUT2D eigenvalue weighted by Gasteiger charge is 2.33. The lowest BCUT2D eigenvalue weighted by atomic mass is 10.0. The summed E-state index contributed by atoms with van der Waals surface area (Å²) in [6.07, 6.45) is 10.5. The zero-order valence-electron chi connectivity index (χ0n) is 51.0. The number of fused-ring (bicyclic) bond motifs is 2. The van der Waals surface area contributed by atoms with Gasteiger partial charge in [0.2, 0.25) is 47.6 Å². The standard InChI is InChI=1S/C30H39ClN8O4.C28H38ClN5O4.C4H6N2S2/c1-19(2)26-29(42)38-24(17-36-30(33)37-18-32)27(40)35-12-6-9-21-8-3-4-11-25(21)43-14-13-34-23(28(41)39-26)16-20-7-5-10-22(31)15-20;1-18(2)25-28(37)33-23(17-30)26(35)32-12-6-9-20-8-3-4-11-24(20)38-14-13-31-22(27(36)34-25)16-19-7-5-10-21(29)15-19;1-7-4(8-2)6-3-5/h3-5,7-8,10-11,15,19,23-24,26,34H,6,9,12-14,16-17H2,1-2H3,(H,35,40)(H,38,42)(H,39,41)(H3,33,36,37);3-5,7-8,10-11,15,18,22-23,25,31H,6,9,12-14,16-17,30H2,1-2H3,(H,32,35)(H,33,37)(H,34,36);1-2H3/t23-,24+,26-;22-,23+,25-;/m11./s1. The molecular formula is C62H83Cl2N15O8S2. The number of nitrogens with zero attached hydrogens (tertiary/aromatic N) is 4. The van der Waals surface area contributed by atoms with Gasteiger partial charge in [-0.25, -0.2) is 4.99 Å². The summed E-state index contributed by atoms with van der Waals surface area (Å²) < 4.78 is 12.9. The topological polar surface area (TPSA) is 353 Å². The lowest BCUT2D eigenvalue weighted by Gasteiger charge is -2.27. The van der Waals surface area contributed by atoms with Crippen molar-refractivity contribution in [3.8, 4) is 23.9 Å². The van der Waals surface area contributed by atoms with Gasteiger partial charge in [-0.05, 0) is 122 Å². The van der Waals surface area contributed by atoms with E-state index < -0.39 is 59.9 Å². The number of hydrogen-bond donors (Lipinski definition) is 11. The van der Waals surface area contributed by atoms with Gasteiger partial charge < -0.3 is 63.5 Å². The number of ether oxygens (including phenoxy) is 2. The summed E-state index contributed by atoms with van der Waals surface area (Å²) in [7, 11) is 0. The summed E-state index contributed by atoms with van der Waals surface area (Å²) in [5.41, 5.74) is 15.2. The molecule has 0 unspecified atom stereocenters. The fraction of sp³-hybridized carbons (Fsp3) is 0.452. The molecule has 23 nitrogen and oxygen atoms in total. The second-order valence-corrected chi connectivity index (χ2v) is 23.8. The molecule has 6 rings (SSSR count). The van der Waals surface area contributed by atoms with Crippen LogP contribution in [0.4, 0.5) is 0 Å². The molecule has 0 spiro atoms. The summed E-state index contributed by atoms with van der Waals surface area (Å²) in [6.45, 7) is 9.19. The maximum atomic E-state index is 13.6. The average molecular weight is 1300 g/mol. The van der Waals surface area contributed by atoms with E-state index in [4.69, 9.17) is 54.7 Å². The molecule has 2 aliphatic rings. The molecule has 480 valence electrons. The molecule has 6 atom stereocenters. The molecule has 0 saturated heterocycles. The minimum absolute atomic E-state index is 0.0635. The lowest BCUT2D eigenvalue weighted by molar-refractivity contribution is -0.133. The van der Waals surface area contributed by atoms with Gasteiger partial charge in [0.1, 0.15) is 53.3 Å². The number of nitrogens with one attached hydrogen (secondary N) is 9.